The number of rotatable bonds is 6. The van der Waals surface area contributed by atoms with Crippen molar-refractivity contribution in [3.05, 3.63) is 40.9 Å². The first-order valence-corrected chi connectivity index (χ1v) is 9.05. The summed E-state index contributed by atoms with van der Waals surface area (Å²) in [6.07, 6.45) is 0.858. The Morgan fingerprint density at radius 1 is 1.42 bits per heavy atom. The van der Waals surface area contributed by atoms with Crippen molar-refractivity contribution in [3.8, 4) is 0 Å². The minimum Gasteiger partial charge on any atom is -0.360 e. The third-order valence-corrected chi connectivity index (χ3v) is 4.51. The maximum absolute atomic E-state index is 13.2. The predicted molar refractivity (Wildman–Crippen MR) is 88.1 cm³/mol. The lowest BCUT2D eigenvalue weighted by Crippen LogP contribution is -2.33. The van der Waals surface area contributed by atoms with Crippen LogP contribution in [0.25, 0.3) is 0 Å². The van der Waals surface area contributed by atoms with Crippen molar-refractivity contribution in [1.82, 2.24) is 5.16 Å². The molecule has 0 aliphatic carbocycles. The standard InChI is InChI=1S/C14H15ClFN3O4S/c1-9-7-13(18-23-9)17-14(20)5-6-19(24(2,21)22)10-3-4-12(16)11(15)8-10/h3-4,7-8H,5-6H2,1-2H3,(H,17,18,20). The SMILES string of the molecule is Cc1cc(NC(=O)CCN(c2ccc(F)c(Cl)c2)S(C)(=O)=O)no1. The highest BCUT2D eigenvalue weighted by atomic mass is 35.5. The number of anilines is 2. The predicted octanol–water partition coefficient (Wildman–Crippen LogP) is 2.57. The summed E-state index contributed by atoms with van der Waals surface area (Å²) in [4.78, 5) is 11.9. The Labute approximate surface area is 143 Å². The number of carbonyl (C=O) groups is 1. The molecule has 0 atom stereocenters. The second kappa shape index (κ2) is 7.18. The second-order valence-electron chi connectivity index (χ2n) is 5.05. The molecule has 0 radical (unpaired) electrons. The fourth-order valence-corrected chi connectivity index (χ4v) is 3.05. The van der Waals surface area contributed by atoms with Gasteiger partial charge in [-0.05, 0) is 25.1 Å². The monoisotopic (exact) mass is 375 g/mol. The smallest absolute Gasteiger partial charge is 0.232 e. The Morgan fingerprint density at radius 3 is 2.67 bits per heavy atom. The van der Waals surface area contributed by atoms with Gasteiger partial charge in [0, 0.05) is 19.0 Å². The fraction of sp³-hybridized carbons (Fsp3) is 0.286. The van der Waals surface area contributed by atoms with Crippen LogP contribution in [-0.2, 0) is 14.8 Å². The van der Waals surface area contributed by atoms with E-state index in [0.717, 1.165) is 16.6 Å². The van der Waals surface area contributed by atoms with Gasteiger partial charge in [-0.2, -0.15) is 0 Å². The molecule has 0 aliphatic heterocycles. The minimum atomic E-state index is -3.67. The topological polar surface area (TPSA) is 92.5 Å². The fourth-order valence-electron chi connectivity index (χ4n) is 1.96. The number of hydrogen-bond acceptors (Lipinski definition) is 5. The summed E-state index contributed by atoms with van der Waals surface area (Å²) in [6.45, 7) is 1.54. The van der Waals surface area contributed by atoms with Crippen LogP contribution in [0.3, 0.4) is 0 Å². The maximum atomic E-state index is 13.2. The van der Waals surface area contributed by atoms with Crippen molar-refractivity contribution in [2.24, 2.45) is 0 Å². The Balaban J connectivity index is 2.09. The molecule has 130 valence electrons. The molecule has 1 amide bonds. The molecule has 7 nitrogen and oxygen atoms in total. The zero-order chi connectivity index (χ0) is 17.9. The maximum Gasteiger partial charge on any atom is 0.232 e. The van der Waals surface area contributed by atoms with Gasteiger partial charge in [-0.15, -0.1) is 0 Å². The summed E-state index contributed by atoms with van der Waals surface area (Å²) in [5, 5.41) is 5.90. The number of amides is 1. The summed E-state index contributed by atoms with van der Waals surface area (Å²) in [6, 6.07) is 5.07. The molecular weight excluding hydrogens is 361 g/mol. The van der Waals surface area contributed by atoms with Crippen LogP contribution in [0.1, 0.15) is 12.2 Å². The van der Waals surface area contributed by atoms with Gasteiger partial charge in [-0.1, -0.05) is 16.8 Å². The highest BCUT2D eigenvalue weighted by Crippen LogP contribution is 2.24. The number of sulfonamides is 1. The number of nitrogens with one attached hydrogen (secondary N) is 1. The molecule has 0 aliphatic rings. The molecule has 0 saturated carbocycles. The lowest BCUT2D eigenvalue weighted by atomic mass is 10.3. The molecule has 0 unspecified atom stereocenters. The Morgan fingerprint density at radius 2 is 2.12 bits per heavy atom. The van der Waals surface area contributed by atoms with Gasteiger partial charge >= 0.3 is 0 Å². The van der Waals surface area contributed by atoms with Crippen LogP contribution in [0.2, 0.25) is 5.02 Å². The van der Waals surface area contributed by atoms with Crippen LogP contribution >= 0.6 is 11.6 Å². The van der Waals surface area contributed by atoms with Crippen molar-refractivity contribution in [2.75, 3.05) is 22.4 Å². The summed E-state index contributed by atoms with van der Waals surface area (Å²) < 4.78 is 42.9. The highest BCUT2D eigenvalue weighted by molar-refractivity contribution is 7.92. The first kappa shape index (κ1) is 18.2. The molecule has 0 bridgehead atoms. The number of aryl methyl sites for hydroxylation is 1. The van der Waals surface area contributed by atoms with Crippen LogP contribution in [0, 0.1) is 12.7 Å². The molecule has 1 aromatic heterocycles. The van der Waals surface area contributed by atoms with Crippen molar-refractivity contribution in [1.29, 1.82) is 0 Å². The van der Waals surface area contributed by atoms with Gasteiger partial charge in [0.05, 0.1) is 17.0 Å². The molecule has 2 rings (SSSR count). The quantitative estimate of drug-likeness (QED) is 0.837. The highest BCUT2D eigenvalue weighted by Gasteiger charge is 2.20. The summed E-state index contributed by atoms with van der Waals surface area (Å²) >= 11 is 5.69. The zero-order valence-electron chi connectivity index (χ0n) is 12.9. The van der Waals surface area contributed by atoms with Gasteiger partial charge in [-0.3, -0.25) is 9.10 Å². The lowest BCUT2D eigenvalue weighted by molar-refractivity contribution is -0.116. The Bertz CT molecular complexity index is 853. The normalized spacial score (nSPS) is 11.3. The molecular formula is C14H15ClFN3O4S. The number of carbonyl (C=O) groups excluding carboxylic acids is 1. The van der Waals surface area contributed by atoms with Crippen LogP contribution in [0.4, 0.5) is 15.9 Å². The number of halogens is 2. The van der Waals surface area contributed by atoms with E-state index in [9.17, 15) is 17.6 Å². The summed E-state index contributed by atoms with van der Waals surface area (Å²) in [5.74, 6) is -0.324. The van der Waals surface area contributed by atoms with E-state index in [0.29, 0.717) is 5.76 Å². The molecule has 0 fully saturated rings. The second-order valence-corrected chi connectivity index (χ2v) is 7.37. The van der Waals surface area contributed by atoms with E-state index >= 15 is 0 Å². The minimum absolute atomic E-state index is 0.131. The van der Waals surface area contributed by atoms with Gasteiger partial charge in [0.1, 0.15) is 11.6 Å². The molecule has 24 heavy (non-hydrogen) atoms. The van der Waals surface area contributed by atoms with E-state index < -0.39 is 21.7 Å². The van der Waals surface area contributed by atoms with Crippen LogP contribution in [0.15, 0.2) is 28.8 Å². The molecule has 1 N–H and O–H groups in total. The van der Waals surface area contributed by atoms with E-state index in [-0.39, 0.29) is 29.5 Å². The van der Waals surface area contributed by atoms with Crippen molar-refractivity contribution < 1.29 is 22.1 Å². The summed E-state index contributed by atoms with van der Waals surface area (Å²) in [5.41, 5.74) is 0.175. The van der Waals surface area contributed by atoms with Crippen LogP contribution in [-0.4, -0.2) is 32.3 Å². The van der Waals surface area contributed by atoms with Gasteiger partial charge in [0.15, 0.2) is 5.82 Å². The van der Waals surface area contributed by atoms with Gasteiger partial charge < -0.3 is 9.84 Å². The van der Waals surface area contributed by atoms with Gasteiger partial charge in [-0.25, -0.2) is 12.8 Å². The molecule has 0 spiro atoms. The Hall–Kier alpha value is -2.13. The number of aromatic nitrogens is 1. The van der Waals surface area contributed by atoms with E-state index in [2.05, 4.69) is 10.5 Å². The molecule has 10 heteroatoms. The van der Waals surface area contributed by atoms with Crippen molar-refractivity contribution in [2.45, 2.75) is 13.3 Å². The largest absolute Gasteiger partial charge is 0.360 e. The van der Waals surface area contributed by atoms with Crippen LogP contribution < -0.4 is 9.62 Å². The average Bonchev–Trinajstić information content (AvgIpc) is 2.86. The van der Waals surface area contributed by atoms with E-state index in [4.69, 9.17) is 16.1 Å². The van der Waals surface area contributed by atoms with Gasteiger partial charge in [0.25, 0.3) is 0 Å². The first-order valence-electron chi connectivity index (χ1n) is 6.83. The van der Waals surface area contributed by atoms with Crippen molar-refractivity contribution in [3.63, 3.8) is 0 Å². The van der Waals surface area contributed by atoms with Gasteiger partial charge in [0.2, 0.25) is 15.9 Å². The lowest BCUT2D eigenvalue weighted by Gasteiger charge is -2.22. The van der Waals surface area contributed by atoms with E-state index in [1.807, 2.05) is 0 Å². The summed E-state index contributed by atoms with van der Waals surface area (Å²) in [7, 11) is -3.67. The zero-order valence-corrected chi connectivity index (χ0v) is 14.5. The molecule has 2 aromatic rings. The molecule has 0 saturated heterocycles. The average molecular weight is 376 g/mol. The van der Waals surface area contributed by atoms with Crippen molar-refractivity contribution >= 4 is 39.0 Å². The van der Waals surface area contributed by atoms with E-state index in [1.165, 1.54) is 18.2 Å². The van der Waals surface area contributed by atoms with Crippen LogP contribution in [0.5, 0.6) is 0 Å². The van der Waals surface area contributed by atoms with E-state index in [1.54, 1.807) is 6.92 Å². The number of benzene rings is 1. The number of hydrogen-bond donors (Lipinski definition) is 1. The molecule has 1 heterocycles. The third-order valence-electron chi connectivity index (χ3n) is 3.03. The molecule has 1 aromatic carbocycles. The number of nitrogens with zero attached hydrogens (tertiary/aromatic N) is 2. The Kier molecular flexibility index (Phi) is 5.45. The first-order chi connectivity index (χ1) is 11.2. The third kappa shape index (κ3) is 4.68.